The number of rotatable bonds is 4. The molecule has 162 valence electrons. The van der Waals surface area contributed by atoms with Gasteiger partial charge in [0.1, 0.15) is 11.3 Å². The van der Waals surface area contributed by atoms with Gasteiger partial charge in [0.15, 0.2) is 6.61 Å². The molecule has 1 aromatic carbocycles. The van der Waals surface area contributed by atoms with Crippen LogP contribution in [0.25, 0.3) is 11.0 Å². The number of aryl methyl sites for hydroxylation is 2. The van der Waals surface area contributed by atoms with Crippen molar-refractivity contribution in [3.63, 3.8) is 0 Å². The molecule has 0 spiro atoms. The molecule has 1 amide bonds. The Balaban J connectivity index is 1.53. The molecule has 1 aliphatic carbocycles. The maximum Gasteiger partial charge on any atom is 0.339 e. The zero-order chi connectivity index (χ0) is 21.6. The molecule has 3 atom stereocenters. The van der Waals surface area contributed by atoms with E-state index in [2.05, 4.69) is 0 Å². The summed E-state index contributed by atoms with van der Waals surface area (Å²) in [4.78, 5) is 26.8. The second kappa shape index (κ2) is 7.73. The Morgan fingerprint density at radius 2 is 2.03 bits per heavy atom. The molecule has 1 N–H and O–H groups in total. The van der Waals surface area contributed by atoms with Gasteiger partial charge in [0.2, 0.25) is 0 Å². The van der Waals surface area contributed by atoms with E-state index in [4.69, 9.17) is 9.15 Å². The maximum absolute atomic E-state index is 12.9. The Morgan fingerprint density at radius 3 is 2.77 bits per heavy atom. The lowest BCUT2D eigenvalue weighted by Gasteiger charge is -2.40. The summed E-state index contributed by atoms with van der Waals surface area (Å²) >= 11 is 0. The molecule has 2 fully saturated rings. The first-order valence-corrected chi connectivity index (χ1v) is 10.9. The number of nitrogens with zero attached hydrogens (tertiary/aromatic N) is 1. The average molecular weight is 414 g/mol. The Bertz CT molecular complexity index is 1040. The van der Waals surface area contributed by atoms with Crippen LogP contribution in [0.3, 0.4) is 0 Å². The van der Waals surface area contributed by atoms with Gasteiger partial charge in [-0.3, -0.25) is 4.79 Å². The summed E-state index contributed by atoms with van der Waals surface area (Å²) in [5.74, 6) is 1.01. The quantitative estimate of drug-likeness (QED) is 0.776. The number of aliphatic hydroxyl groups is 1. The lowest BCUT2D eigenvalue weighted by molar-refractivity contribution is -0.132. The normalized spacial score (nSPS) is 26.1. The van der Waals surface area contributed by atoms with Gasteiger partial charge in [0.05, 0.1) is 11.0 Å². The van der Waals surface area contributed by atoms with Crippen molar-refractivity contribution in [3.05, 3.63) is 39.2 Å². The molecule has 2 aliphatic rings. The van der Waals surface area contributed by atoms with Crippen LogP contribution in [-0.4, -0.2) is 41.2 Å². The molecular formula is C24H31NO5. The highest BCUT2D eigenvalue weighted by molar-refractivity contribution is 5.88. The third-order valence-electron chi connectivity index (χ3n) is 7.29. The Kier molecular flexibility index (Phi) is 5.39. The van der Waals surface area contributed by atoms with E-state index in [-0.39, 0.29) is 24.1 Å². The maximum atomic E-state index is 12.9. The largest absolute Gasteiger partial charge is 0.483 e. The highest BCUT2D eigenvalue weighted by atomic mass is 16.5. The molecule has 0 radical (unpaired) electrons. The van der Waals surface area contributed by atoms with Gasteiger partial charge in [-0.2, -0.15) is 0 Å². The highest BCUT2D eigenvalue weighted by Gasteiger charge is 2.48. The lowest BCUT2D eigenvalue weighted by Crippen LogP contribution is -2.44. The zero-order valence-corrected chi connectivity index (χ0v) is 18.3. The van der Waals surface area contributed by atoms with E-state index in [1.807, 2.05) is 37.8 Å². The van der Waals surface area contributed by atoms with E-state index in [9.17, 15) is 14.7 Å². The van der Waals surface area contributed by atoms with Gasteiger partial charge in [-0.05, 0) is 69.2 Å². The van der Waals surface area contributed by atoms with Crippen molar-refractivity contribution in [2.75, 3.05) is 19.7 Å². The summed E-state index contributed by atoms with van der Waals surface area (Å²) in [5.41, 5.74) is 1.73. The van der Waals surface area contributed by atoms with E-state index in [0.717, 1.165) is 42.2 Å². The highest BCUT2D eigenvalue weighted by Crippen LogP contribution is 2.44. The Hall–Kier alpha value is -2.34. The number of likely N-dealkylation sites (tertiary alicyclic amines) is 1. The van der Waals surface area contributed by atoms with Crippen molar-refractivity contribution in [2.24, 2.45) is 11.8 Å². The summed E-state index contributed by atoms with van der Waals surface area (Å²) in [6.07, 6.45) is 3.63. The van der Waals surface area contributed by atoms with Crippen LogP contribution in [0.4, 0.5) is 0 Å². The van der Waals surface area contributed by atoms with E-state index in [1.54, 1.807) is 6.92 Å². The van der Waals surface area contributed by atoms with E-state index in [0.29, 0.717) is 35.9 Å². The average Bonchev–Trinajstić information content (AvgIpc) is 3.16. The molecule has 1 aromatic heterocycles. The minimum absolute atomic E-state index is 0.0655. The third kappa shape index (κ3) is 3.51. The monoisotopic (exact) mass is 413 g/mol. The van der Waals surface area contributed by atoms with Crippen molar-refractivity contribution >= 4 is 16.9 Å². The molecule has 30 heavy (non-hydrogen) atoms. The van der Waals surface area contributed by atoms with E-state index in [1.165, 1.54) is 0 Å². The fraction of sp³-hybridized carbons (Fsp3) is 0.583. The van der Waals surface area contributed by atoms with Crippen LogP contribution in [0.15, 0.2) is 21.3 Å². The number of hydrogen-bond acceptors (Lipinski definition) is 5. The molecule has 1 saturated carbocycles. The summed E-state index contributed by atoms with van der Waals surface area (Å²) in [5, 5.41) is 11.7. The van der Waals surface area contributed by atoms with Gasteiger partial charge < -0.3 is 19.2 Å². The van der Waals surface area contributed by atoms with Crippen molar-refractivity contribution < 1.29 is 19.1 Å². The Labute approximate surface area is 176 Å². The van der Waals surface area contributed by atoms with Gasteiger partial charge in [-0.15, -0.1) is 0 Å². The van der Waals surface area contributed by atoms with Crippen LogP contribution < -0.4 is 10.4 Å². The molecule has 4 rings (SSSR count). The molecule has 0 unspecified atom stereocenters. The summed E-state index contributed by atoms with van der Waals surface area (Å²) < 4.78 is 11.4. The molecule has 0 bridgehead atoms. The van der Waals surface area contributed by atoms with Gasteiger partial charge in [-0.1, -0.05) is 13.3 Å². The number of benzene rings is 1. The first-order chi connectivity index (χ1) is 14.2. The fourth-order valence-corrected chi connectivity index (χ4v) is 5.30. The zero-order valence-electron chi connectivity index (χ0n) is 18.3. The minimum atomic E-state index is -0.655. The Morgan fingerprint density at radius 1 is 1.27 bits per heavy atom. The second-order valence-electron chi connectivity index (χ2n) is 9.08. The summed E-state index contributed by atoms with van der Waals surface area (Å²) in [6.45, 7) is 8.75. The molecule has 1 saturated heterocycles. The van der Waals surface area contributed by atoms with Gasteiger partial charge in [0, 0.05) is 24.6 Å². The van der Waals surface area contributed by atoms with E-state index < -0.39 is 5.60 Å². The lowest BCUT2D eigenvalue weighted by atomic mass is 9.69. The third-order valence-corrected chi connectivity index (χ3v) is 7.29. The standard InChI is InChI=1S/C24H31NO5/c1-5-24(28)8-6-7-17-11-25(12-18(17)24)21(26)13-29-19-9-14(2)10-20-22(19)15(3)16(4)23(27)30-20/h9-10,17-18,28H,5-8,11-13H2,1-4H3/t17-,18+,24-/m0/s1. The number of ether oxygens (including phenoxy) is 1. The van der Waals surface area contributed by atoms with Crippen molar-refractivity contribution in [1.29, 1.82) is 0 Å². The number of fused-ring (bicyclic) bond motifs is 2. The molecule has 2 aromatic rings. The van der Waals surface area contributed by atoms with Gasteiger partial charge >= 0.3 is 5.63 Å². The van der Waals surface area contributed by atoms with Crippen LogP contribution in [0.5, 0.6) is 5.75 Å². The molecular weight excluding hydrogens is 382 g/mol. The predicted molar refractivity (Wildman–Crippen MR) is 115 cm³/mol. The predicted octanol–water partition coefficient (Wildman–Crippen LogP) is 3.50. The van der Waals surface area contributed by atoms with Crippen LogP contribution in [0.2, 0.25) is 0 Å². The molecule has 1 aliphatic heterocycles. The fourth-order valence-electron chi connectivity index (χ4n) is 5.30. The number of hydrogen-bond donors (Lipinski definition) is 1. The number of amides is 1. The number of carbonyl (C=O) groups is 1. The molecule has 6 heteroatoms. The summed E-state index contributed by atoms with van der Waals surface area (Å²) in [6, 6.07) is 3.69. The second-order valence-corrected chi connectivity index (χ2v) is 9.08. The van der Waals surface area contributed by atoms with Crippen molar-refractivity contribution in [3.8, 4) is 5.75 Å². The van der Waals surface area contributed by atoms with Gasteiger partial charge in [-0.25, -0.2) is 4.79 Å². The topological polar surface area (TPSA) is 80.0 Å². The SMILES string of the molecule is CC[C@]1(O)CCC[C@H]2CN(C(=O)COc3cc(C)cc4oc(=O)c(C)c(C)c34)C[C@H]21. The van der Waals surface area contributed by atoms with Gasteiger partial charge in [0.25, 0.3) is 5.91 Å². The minimum Gasteiger partial charge on any atom is -0.483 e. The first-order valence-electron chi connectivity index (χ1n) is 10.9. The van der Waals surface area contributed by atoms with Crippen molar-refractivity contribution in [2.45, 2.75) is 59.0 Å². The molecule has 2 heterocycles. The van der Waals surface area contributed by atoms with Crippen LogP contribution in [0, 0.1) is 32.6 Å². The number of carbonyl (C=O) groups excluding carboxylic acids is 1. The van der Waals surface area contributed by atoms with Crippen LogP contribution in [0.1, 0.15) is 49.3 Å². The van der Waals surface area contributed by atoms with Crippen LogP contribution >= 0.6 is 0 Å². The summed E-state index contributed by atoms with van der Waals surface area (Å²) in [7, 11) is 0. The molecule has 6 nitrogen and oxygen atoms in total. The van der Waals surface area contributed by atoms with Crippen molar-refractivity contribution in [1.82, 2.24) is 4.90 Å². The first kappa shape index (κ1) is 20.9. The van der Waals surface area contributed by atoms with E-state index >= 15 is 0 Å². The van der Waals surface area contributed by atoms with Crippen LogP contribution in [-0.2, 0) is 4.79 Å². The smallest absolute Gasteiger partial charge is 0.339 e.